The highest BCUT2D eigenvalue weighted by Crippen LogP contribution is 2.14. The van der Waals surface area contributed by atoms with Crippen molar-refractivity contribution in [3.8, 4) is 0 Å². The molecule has 2 amide bonds. The fraction of sp³-hybridized carbons (Fsp3) is 0.208. The molecular formula is C24H22N4O7S. The maximum absolute atomic E-state index is 12.2. The van der Waals surface area contributed by atoms with Crippen LogP contribution in [0.3, 0.4) is 0 Å². The average Bonchev–Trinajstić information content (AvgIpc) is 3.29. The summed E-state index contributed by atoms with van der Waals surface area (Å²) in [6, 6.07) is 14.2. The zero-order valence-corrected chi connectivity index (χ0v) is 20.0. The Morgan fingerprint density at radius 3 is 2.17 bits per heavy atom. The summed E-state index contributed by atoms with van der Waals surface area (Å²) in [5, 5.41) is 13.6. The summed E-state index contributed by atoms with van der Waals surface area (Å²) >= 11 is 1.21. The number of hydrogen-bond donors (Lipinski definition) is 2. The van der Waals surface area contributed by atoms with E-state index in [2.05, 4.69) is 20.8 Å². The highest BCUT2D eigenvalue weighted by molar-refractivity contribution is 7.15. The van der Waals surface area contributed by atoms with Crippen LogP contribution in [0.2, 0.25) is 0 Å². The van der Waals surface area contributed by atoms with Gasteiger partial charge in [-0.2, -0.15) is 0 Å². The van der Waals surface area contributed by atoms with Gasteiger partial charge in [0.2, 0.25) is 11.0 Å². The normalized spacial score (nSPS) is 10.2. The van der Waals surface area contributed by atoms with Crippen molar-refractivity contribution >= 4 is 51.7 Å². The lowest BCUT2D eigenvalue weighted by molar-refractivity contribution is -0.147. The summed E-state index contributed by atoms with van der Waals surface area (Å²) in [5.74, 6) is -2.74. The third kappa shape index (κ3) is 8.40. The molecule has 0 aliphatic rings. The van der Waals surface area contributed by atoms with Gasteiger partial charge in [-0.1, -0.05) is 41.7 Å². The summed E-state index contributed by atoms with van der Waals surface area (Å²) in [7, 11) is 0. The summed E-state index contributed by atoms with van der Waals surface area (Å²) < 4.78 is 9.91. The van der Waals surface area contributed by atoms with Crippen molar-refractivity contribution in [1.29, 1.82) is 0 Å². The third-order valence-corrected chi connectivity index (χ3v) is 5.28. The van der Waals surface area contributed by atoms with E-state index in [0.717, 1.165) is 0 Å². The van der Waals surface area contributed by atoms with E-state index in [1.54, 1.807) is 37.3 Å². The van der Waals surface area contributed by atoms with Crippen molar-refractivity contribution in [1.82, 2.24) is 10.2 Å². The lowest BCUT2D eigenvalue weighted by Crippen LogP contribution is -2.22. The van der Waals surface area contributed by atoms with Crippen LogP contribution in [-0.4, -0.2) is 52.9 Å². The van der Waals surface area contributed by atoms with Gasteiger partial charge in [0.1, 0.15) is 5.01 Å². The standard InChI is InChI=1S/C24H22N4O7S/c1-15-27-28-24(36-15)26-20(30)11-12-22(32)34-14-21(31)25-18-9-7-17(8-10-18)23(33)35-13-19(29)16-5-3-2-4-6-16/h2-10H,11-14H2,1H3,(H,25,31)(H,26,28,30). The summed E-state index contributed by atoms with van der Waals surface area (Å²) in [6.45, 7) is 0.813. The number of hydrogen-bond acceptors (Lipinski definition) is 10. The van der Waals surface area contributed by atoms with Crippen molar-refractivity contribution in [3.63, 3.8) is 0 Å². The van der Waals surface area contributed by atoms with E-state index >= 15 is 0 Å². The van der Waals surface area contributed by atoms with Crippen molar-refractivity contribution in [2.75, 3.05) is 23.8 Å². The molecule has 0 saturated carbocycles. The van der Waals surface area contributed by atoms with E-state index in [1.807, 2.05) is 0 Å². The second-order valence-corrected chi connectivity index (χ2v) is 8.51. The quantitative estimate of drug-likeness (QED) is 0.293. The Labute approximate surface area is 209 Å². The number of aryl methyl sites for hydroxylation is 1. The Balaban J connectivity index is 1.35. The molecule has 0 fully saturated rings. The van der Waals surface area contributed by atoms with Crippen LogP contribution in [0.4, 0.5) is 10.8 Å². The molecule has 0 unspecified atom stereocenters. The number of carbonyl (C=O) groups is 5. The lowest BCUT2D eigenvalue weighted by atomic mass is 10.1. The van der Waals surface area contributed by atoms with Gasteiger partial charge in [0.25, 0.3) is 5.91 Å². The van der Waals surface area contributed by atoms with Gasteiger partial charge >= 0.3 is 11.9 Å². The molecule has 2 aromatic carbocycles. The van der Waals surface area contributed by atoms with E-state index in [-0.39, 0.29) is 24.2 Å². The minimum atomic E-state index is -0.711. The van der Waals surface area contributed by atoms with Crippen molar-refractivity contribution in [2.45, 2.75) is 19.8 Å². The summed E-state index contributed by atoms with van der Waals surface area (Å²) in [4.78, 5) is 59.8. The number of anilines is 2. The van der Waals surface area contributed by atoms with Crippen LogP contribution in [-0.2, 0) is 23.9 Å². The number of amides is 2. The number of ketones is 1. The molecule has 0 aliphatic heterocycles. The SMILES string of the molecule is Cc1nnc(NC(=O)CCC(=O)OCC(=O)Nc2ccc(C(=O)OCC(=O)c3ccccc3)cc2)s1. The van der Waals surface area contributed by atoms with Crippen LogP contribution in [0, 0.1) is 6.92 Å². The first kappa shape index (κ1) is 26.2. The Morgan fingerprint density at radius 2 is 1.50 bits per heavy atom. The van der Waals surface area contributed by atoms with Crippen LogP contribution >= 0.6 is 11.3 Å². The maximum atomic E-state index is 12.2. The minimum absolute atomic E-state index is 0.131. The minimum Gasteiger partial charge on any atom is -0.456 e. The molecule has 36 heavy (non-hydrogen) atoms. The summed E-state index contributed by atoms with van der Waals surface area (Å²) in [5.41, 5.74) is 0.998. The molecular weight excluding hydrogens is 488 g/mol. The molecule has 3 aromatic rings. The van der Waals surface area contributed by atoms with Gasteiger partial charge in [0, 0.05) is 17.7 Å². The van der Waals surface area contributed by atoms with E-state index in [1.165, 1.54) is 35.6 Å². The third-order valence-electron chi connectivity index (χ3n) is 4.53. The number of carbonyl (C=O) groups excluding carboxylic acids is 5. The second kappa shape index (κ2) is 12.9. The van der Waals surface area contributed by atoms with Crippen LogP contribution in [0.5, 0.6) is 0 Å². The largest absolute Gasteiger partial charge is 0.456 e. The van der Waals surface area contributed by atoms with Gasteiger partial charge in [0.15, 0.2) is 19.0 Å². The van der Waals surface area contributed by atoms with Crippen LogP contribution in [0.15, 0.2) is 54.6 Å². The molecule has 0 spiro atoms. The van der Waals surface area contributed by atoms with Gasteiger partial charge in [-0.25, -0.2) is 4.79 Å². The number of nitrogens with one attached hydrogen (secondary N) is 2. The van der Waals surface area contributed by atoms with Crippen LogP contribution in [0.25, 0.3) is 0 Å². The van der Waals surface area contributed by atoms with Gasteiger partial charge in [-0.05, 0) is 31.2 Å². The Kier molecular flexibility index (Phi) is 9.34. The Bertz CT molecular complexity index is 1240. The zero-order valence-electron chi connectivity index (χ0n) is 19.2. The van der Waals surface area contributed by atoms with Gasteiger partial charge in [-0.3, -0.25) is 19.2 Å². The molecule has 2 N–H and O–H groups in total. The number of Topliss-reactive ketones (excluding diaryl/α,β-unsaturated/α-hetero) is 1. The highest BCUT2D eigenvalue weighted by atomic mass is 32.1. The van der Waals surface area contributed by atoms with Gasteiger partial charge in [-0.15, -0.1) is 10.2 Å². The number of aromatic nitrogens is 2. The number of rotatable bonds is 11. The number of nitrogens with zero attached hydrogens (tertiary/aromatic N) is 2. The first-order valence-corrected chi connectivity index (χ1v) is 11.5. The fourth-order valence-corrected chi connectivity index (χ4v) is 3.38. The van der Waals surface area contributed by atoms with E-state index in [9.17, 15) is 24.0 Å². The van der Waals surface area contributed by atoms with Crippen LogP contribution in [0.1, 0.15) is 38.6 Å². The van der Waals surface area contributed by atoms with E-state index in [4.69, 9.17) is 9.47 Å². The average molecular weight is 511 g/mol. The van der Waals surface area contributed by atoms with E-state index < -0.39 is 37.0 Å². The number of benzene rings is 2. The van der Waals surface area contributed by atoms with Crippen LogP contribution < -0.4 is 10.6 Å². The molecule has 1 heterocycles. The lowest BCUT2D eigenvalue weighted by Gasteiger charge is -2.08. The van der Waals surface area contributed by atoms with Gasteiger partial charge < -0.3 is 20.1 Å². The maximum Gasteiger partial charge on any atom is 0.338 e. The zero-order chi connectivity index (χ0) is 25.9. The first-order valence-electron chi connectivity index (χ1n) is 10.7. The fourth-order valence-electron chi connectivity index (χ4n) is 2.77. The molecule has 1 aromatic heterocycles. The topological polar surface area (TPSA) is 154 Å². The number of ether oxygens (including phenoxy) is 2. The smallest absolute Gasteiger partial charge is 0.338 e. The highest BCUT2D eigenvalue weighted by Gasteiger charge is 2.14. The molecule has 11 nitrogen and oxygen atoms in total. The van der Waals surface area contributed by atoms with Gasteiger partial charge in [0.05, 0.1) is 12.0 Å². The molecule has 186 valence electrons. The van der Waals surface area contributed by atoms with Crippen molar-refractivity contribution < 1.29 is 33.4 Å². The first-order chi connectivity index (χ1) is 17.3. The number of esters is 2. The molecule has 0 bridgehead atoms. The Morgan fingerprint density at radius 1 is 0.778 bits per heavy atom. The summed E-state index contributed by atoms with van der Waals surface area (Å²) in [6.07, 6.45) is -0.339. The van der Waals surface area contributed by atoms with Crippen molar-refractivity contribution in [2.24, 2.45) is 0 Å². The second-order valence-electron chi connectivity index (χ2n) is 7.33. The molecule has 12 heteroatoms. The molecule has 3 rings (SSSR count). The van der Waals surface area contributed by atoms with Crippen molar-refractivity contribution in [3.05, 3.63) is 70.7 Å². The van der Waals surface area contributed by atoms with E-state index in [0.29, 0.717) is 21.4 Å². The monoisotopic (exact) mass is 510 g/mol. The predicted molar refractivity (Wildman–Crippen MR) is 130 cm³/mol. The Hall–Kier alpha value is -4.45. The predicted octanol–water partition coefficient (Wildman–Crippen LogP) is 2.79. The molecule has 0 atom stereocenters. The molecule has 0 aliphatic carbocycles. The molecule has 0 radical (unpaired) electrons. The molecule has 0 saturated heterocycles.